The number of sulfonamides is 1. The molecule has 2 fully saturated rings. The molecule has 2 aliphatic rings. The Hall–Kier alpha value is -1.92. The predicted octanol–water partition coefficient (Wildman–Crippen LogP) is 4.30. The van der Waals surface area contributed by atoms with Crippen LogP contribution in [0.3, 0.4) is 0 Å². The molecule has 0 radical (unpaired) electrons. The monoisotopic (exact) mass is 399 g/mol. The summed E-state index contributed by atoms with van der Waals surface area (Å²) in [4.78, 5) is 7.43. The Morgan fingerprint density at radius 2 is 1.64 bits per heavy atom. The Bertz CT molecular complexity index is 904. The van der Waals surface area contributed by atoms with Crippen molar-refractivity contribution in [3.63, 3.8) is 0 Å². The van der Waals surface area contributed by atoms with E-state index in [9.17, 15) is 8.42 Å². The summed E-state index contributed by atoms with van der Waals surface area (Å²) in [5.74, 6) is 0.973. The fraction of sp³-hybridized carbons (Fsp3) is 0.500. The molecule has 1 atom stereocenters. The van der Waals surface area contributed by atoms with Crippen LogP contribution in [0.5, 0.6) is 0 Å². The van der Waals surface area contributed by atoms with Crippen molar-refractivity contribution in [2.24, 2.45) is 0 Å². The molecule has 0 amide bonds. The van der Waals surface area contributed by atoms with Crippen LogP contribution in [0.25, 0.3) is 0 Å². The molecule has 0 saturated carbocycles. The van der Waals surface area contributed by atoms with Crippen LogP contribution in [0.2, 0.25) is 0 Å². The summed E-state index contributed by atoms with van der Waals surface area (Å²) in [5.41, 5.74) is 2.12. The van der Waals surface area contributed by atoms with Crippen LogP contribution in [-0.4, -0.2) is 37.3 Å². The van der Waals surface area contributed by atoms with Crippen molar-refractivity contribution in [3.05, 3.63) is 53.7 Å². The fourth-order valence-corrected chi connectivity index (χ4v) is 6.07. The molecule has 4 rings (SSSR count). The summed E-state index contributed by atoms with van der Waals surface area (Å²) >= 11 is 0. The van der Waals surface area contributed by atoms with Gasteiger partial charge < -0.3 is 4.90 Å². The maximum Gasteiger partial charge on any atom is 0.243 e. The third kappa shape index (κ3) is 3.80. The molecule has 28 heavy (non-hydrogen) atoms. The minimum atomic E-state index is -3.52. The van der Waals surface area contributed by atoms with Gasteiger partial charge in [-0.05, 0) is 50.8 Å². The Morgan fingerprint density at radius 3 is 2.36 bits per heavy atom. The minimum Gasteiger partial charge on any atom is -0.356 e. The Morgan fingerprint density at radius 1 is 0.929 bits per heavy atom. The lowest BCUT2D eigenvalue weighted by molar-refractivity contribution is 0.396. The van der Waals surface area contributed by atoms with Crippen molar-refractivity contribution in [3.8, 4) is 0 Å². The lowest BCUT2D eigenvalue weighted by Gasteiger charge is -2.30. The predicted molar refractivity (Wildman–Crippen MR) is 112 cm³/mol. The van der Waals surface area contributed by atoms with Crippen molar-refractivity contribution >= 4 is 15.8 Å². The van der Waals surface area contributed by atoms with E-state index in [1.54, 1.807) is 16.4 Å². The molecule has 2 aliphatic heterocycles. The molecule has 2 saturated heterocycles. The van der Waals surface area contributed by atoms with E-state index in [2.05, 4.69) is 11.0 Å². The second-order valence-corrected chi connectivity index (χ2v) is 9.79. The van der Waals surface area contributed by atoms with Gasteiger partial charge in [0.2, 0.25) is 10.0 Å². The summed E-state index contributed by atoms with van der Waals surface area (Å²) < 4.78 is 28.4. The van der Waals surface area contributed by atoms with E-state index in [1.807, 2.05) is 31.3 Å². The molecule has 1 aromatic heterocycles. The lowest BCUT2D eigenvalue weighted by Crippen LogP contribution is -2.33. The molecular weight excluding hydrogens is 370 g/mol. The third-order valence-electron chi connectivity index (χ3n) is 5.91. The van der Waals surface area contributed by atoms with Gasteiger partial charge in [0.05, 0.1) is 10.9 Å². The minimum absolute atomic E-state index is 0.141. The first-order valence-electron chi connectivity index (χ1n) is 10.4. The van der Waals surface area contributed by atoms with Gasteiger partial charge in [-0.1, -0.05) is 36.6 Å². The molecule has 0 unspecified atom stereocenters. The van der Waals surface area contributed by atoms with E-state index in [0.717, 1.165) is 42.9 Å². The normalized spacial score (nSPS) is 21.6. The van der Waals surface area contributed by atoms with E-state index >= 15 is 0 Å². The molecule has 0 spiro atoms. The second-order valence-electron chi connectivity index (χ2n) is 7.90. The molecular formula is C22H29N3O2S. The zero-order valence-electron chi connectivity index (χ0n) is 16.5. The molecule has 3 heterocycles. The molecule has 0 bridgehead atoms. The molecule has 150 valence electrons. The number of hydrogen-bond donors (Lipinski definition) is 0. The van der Waals surface area contributed by atoms with Crippen LogP contribution in [-0.2, 0) is 10.0 Å². The molecule has 2 aromatic rings. The van der Waals surface area contributed by atoms with E-state index < -0.39 is 10.0 Å². The van der Waals surface area contributed by atoms with Gasteiger partial charge in [-0.2, -0.15) is 4.31 Å². The Balaban J connectivity index is 1.68. The topological polar surface area (TPSA) is 53.5 Å². The third-order valence-corrected chi connectivity index (χ3v) is 7.84. The zero-order chi connectivity index (χ0) is 19.6. The van der Waals surface area contributed by atoms with Crippen molar-refractivity contribution < 1.29 is 8.42 Å². The quantitative estimate of drug-likeness (QED) is 0.769. The summed E-state index contributed by atoms with van der Waals surface area (Å²) in [5, 5.41) is 0. The highest BCUT2D eigenvalue weighted by Crippen LogP contribution is 2.40. The standard InChI is InChI=1S/C22H29N3O2S/c1-18-10-12-19(13-11-18)28(26,27)25-17-7-9-21(25)20-8-6-14-23-22(20)24-15-4-2-3-5-16-24/h6,8,10-14,21H,2-5,7,9,15-17H2,1H3/t21-/m0/s1. The highest BCUT2D eigenvalue weighted by atomic mass is 32.2. The Labute approximate surface area is 168 Å². The second kappa shape index (κ2) is 8.21. The SMILES string of the molecule is Cc1ccc(S(=O)(=O)N2CCC[C@H]2c2cccnc2N2CCCCCC2)cc1. The van der Waals surface area contributed by atoms with E-state index in [0.29, 0.717) is 11.4 Å². The molecule has 0 aliphatic carbocycles. The average Bonchev–Trinajstić information content (AvgIpc) is 3.05. The van der Waals surface area contributed by atoms with Crippen molar-refractivity contribution in [2.75, 3.05) is 24.5 Å². The van der Waals surface area contributed by atoms with Crippen molar-refractivity contribution in [1.29, 1.82) is 0 Å². The first-order chi connectivity index (χ1) is 13.6. The fourth-order valence-electron chi connectivity index (χ4n) is 4.40. The summed E-state index contributed by atoms with van der Waals surface area (Å²) in [6.07, 6.45) is 8.42. The number of benzene rings is 1. The van der Waals surface area contributed by atoms with Gasteiger partial charge in [0.15, 0.2) is 0 Å². The lowest BCUT2D eigenvalue weighted by atomic mass is 10.1. The molecule has 1 aromatic carbocycles. The first-order valence-corrected chi connectivity index (χ1v) is 11.8. The maximum atomic E-state index is 13.4. The van der Waals surface area contributed by atoms with Gasteiger partial charge in [-0.15, -0.1) is 0 Å². The summed E-state index contributed by atoms with van der Waals surface area (Å²) in [6.45, 7) is 4.54. The van der Waals surface area contributed by atoms with E-state index in [4.69, 9.17) is 4.98 Å². The van der Waals surface area contributed by atoms with Crippen LogP contribution in [0.4, 0.5) is 5.82 Å². The molecule has 6 heteroatoms. The zero-order valence-corrected chi connectivity index (χ0v) is 17.4. The van der Waals surface area contributed by atoms with Crippen LogP contribution < -0.4 is 4.90 Å². The van der Waals surface area contributed by atoms with Crippen molar-refractivity contribution in [2.45, 2.75) is 56.4 Å². The number of hydrogen-bond acceptors (Lipinski definition) is 4. The highest BCUT2D eigenvalue weighted by molar-refractivity contribution is 7.89. The number of pyridine rings is 1. The van der Waals surface area contributed by atoms with Gasteiger partial charge in [0.25, 0.3) is 0 Å². The maximum absolute atomic E-state index is 13.4. The largest absolute Gasteiger partial charge is 0.356 e. The summed E-state index contributed by atoms with van der Waals surface area (Å²) in [6, 6.07) is 11.0. The van der Waals surface area contributed by atoms with Crippen LogP contribution in [0.1, 0.15) is 55.7 Å². The van der Waals surface area contributed by atoms with Crippen molar-refractivity contribution in [1.82, 2.24) is 9.29 Å². The molecule has 5 nitrogen and oxygen atoms in total. The van der Waals surface area contributed by atoms with Crippen LogP contribution in [0.15, 0.2) is 47.5 Å². The molecule has 0 N–H and O–H groups in total. The van der Waals surface area contributed by atoms with Gasteiger partial charge in [-0.3, -0.25) is 0 Å². The van der Waals surface area contributed by atoms with Gasteiger partial charge in [-0.25, -0.2) is 13.4 Å². The Kier molecular flexibility index (Phi) is 5.69. The van der Waals surface area contributed by atoms with Crippen LogP contribution in [0, 0.1) is 6.92 Å². The summed E-state index contributed by atoms with van der Waals surface area (Å²) in [7, 11) is -3.52. The highest BCUT2D eigenvalue weighted by Gasteiger charge is 2.38. The van der Waals surface area contributed by atoms with Gasteiger partial charge >= 0.3 is 0 Å². The number of aryl methyl sites for hydroxylation is 1. The van der Waals surface area contributed by atoms with E-state index in [1.165, 1.54) is 25.7 Å². The van der Waals surface area contributed by atoms with Crippen LogP contribution >= 0.6 is 0 Å². The number of nitrogens with zero attached hydrogens (tertiary/aromatic N) is 3. The first kappa shape index (κ1) is 19.4. The average molecular weight is 400 g/mol. The van der Waals surface area contributed by atoms with Gasteiger partial charge in [0.1, 0.15) is 5.82 Å². The number of rotatable bonds is 4. The smallest absolute Gasteiger partial charge is 0.243 e. The number of anilines is 1. The van der Waals surface area contributed by atoms with Gasteiger partial charge in [0, 0.05) is 31.4 Å². The number of aromatic nitrogens is 1. The van der Waals surface area contributed by atoms with E-state index in [-0.39, 0.29) is 6.04 Å².